The number of thioether (sulfide) groups is 1. The molecule has 0 unspecified atom stereocenters. The number of rotatable bonds is 10. The van der Waals surface area contributed by atoms with E-state index in [1.54, 1.807) is 7.11 Å². The summed E-state index contributed by atoms with van der Waals surface area (Å²) in [7, 11) is 3.48. The van der Waals surface area contributed by atoms with E-state index in [2.05, 4.69) is 58.1 Å². The van der Waals surface area contributed by atoms with Crippen LogP contribution in [0, 0.1) is 0 Å². The fourth-order valence-corrected chi connectivity index (χ4v) is 4.03. The van der Waals surface area contributed by atoms with E-state index in [0.29, 0.717) is 18.0 Å². The van der Waals surface area contributed by atoms with Gasteiger partial charge in [0.15, 0.2) is 5.96 Å². The van der Waals surface area contributed by atoms with Crippen molar-refractivity contribution in [3.05, 3.63) is 60.2 Å². The Morgan fingerprint density at radius 1 is 1.04 bits per heavy atom. The van der Waals surface area contributed by atoms with Crippen LogP contribution >= 0.6 is 11.8 Å². The first kappa shape index (κ1) is 20.6. The fraction of sp³-hybridized carbons (Fsp3) is 0.409. The lowest BCUT2D eigenvalue weighted by atomic mass is 10.2. The molecule has 2 N–H and O–H groups in total. The van der Waals surface area contributed by atoms with Crippen LogP contribution < -0.4 is 15.4 Å². The first-order valence-corrected chi connectivity index (χ1v) is 10.4. The minimum absolute atomic E-state index is 0.292. The van der Waals surface area contributed by atoms with Gasteiger partial charge in [0.1, 0.15) is 12.4 Å². The van der Waals surface area contributed by atoms with Crippen LogP contribution in [0.2, 0.25) is 0 Å². The smallest absolute Gasteiger partial charge is 0.191 e. The van der Waals surface area contributed by atoms with Crippen LogP contribution in [0.1, 0.15) is 18.4 Å². The van der Waals surface area contributed by atoms with Gasteiger partial charge in [-0.25, -0.2) is 0 Å². The summed E-state index contributed by atoms with van der Waals surface area (Å²) >= 11 is 1.97. The number of methoxy groups -OCH3 is 1. The van der Waals surface area contributed by atoms with E-state index in [1.807, 2.05) is 30.9 Å². The lowest BCUT2D eigenvalue weighted by molar-refractivity contribution is 0.146. The zero-order valence-corrected chi connectivity index (χ0v) is 17.4. The van der Waals surface area contributed by atoms with Crippen LogP contribution in [0.5, 0.6) is 5.75 Å². The lowest BCUT2D eigenvalue weighted by Gasteiger charge is -2.18. The molecule has 0 radical (unpaired) electrons. The van der Waals surface area contributed by atoms with Gasteiger partial charge in [0.2, 0.25) is 0 Å². The molecule has 2 aromatic rings. The lowest BCUT2D eigenvalue weighted by Crippen LogP contribution is -2.40. The summed E-state index contributed by atoms with van der Waals surface area (Å²) in [6, 6.07) is 18.7. The summed E-state index contributed by atoms with van der Waals surface area (Å²) in [5.74, 6) is 1.69. The molecule has 0 atom stereocenters. The van der Waals surface area contributed by atoms with Gasteiger partial charge in [-0.3, -0.25) is 4.99 Å². The average Bonchev–Trinajstić information content (AvgIpc) is 3.49. The Kier molecular flexibility index (Phi) is 7.62. The van der Waals surface area contributed by atoms with Crippen molar-refractivity contribution in [2.75, 3.05) is 33.9 Å². The number of nitrogens with zero attached hydrogens (tertiary/aromatic N) is 1. The Labute approximate surface area is 171 Å². The van der Waals surface area contributed by atoms with Crippen LogP contribution in [0.25, 0.3) is 0 Å². The Morgan fingerprint density at radius 3 is 2.43 bits per heavy atom. The van der Waals surface area contributed by atoms with Gasteiger partial charge in [0, 0.05) is 36.9 Å². The summed E-state index contributed by atoms with van der Waals surface area (Å²) in [5.41, 5.74) is 1.18. The number of hydrogen-bond acceptors (Lipinski definition) is 4. The zero-order valence-electron chi connectivity index (χ0n) is 16.6. The van der Waals surface area contributed by atoms with E-state index < -0.39 is 0 Å². The maximum atomic E-state index is 5.60. The Bertz CT molecular complexity index is 746. The molecule has 2 aromatic carbocycles. The molecule has 0 aromatic heterocycles. The predicted octanol–water partition coefficient (Wildman–Crippen LogP) is 3.70. The fourth-order valence-electron chi connectivity index (χ4n) is 2.79. The molecule has 1 aliphatic carbocycles. The van der Waals surface area contributed by atoms with E-state index >= 15 is 0 Å². The highest BCUT2D eigenvalue weighted by Gasteiger charge is 2.43. The molecular formula is C22H29N3O2S. The highest BCUT2D eigenvalue weighted by atomic mass is 32.2. The van der Waals surface area contributed by atoms with Crippen molar-refractivity contribution in [3.63, 3.8) is 0 Å². The summed E-state index contributed by atoms with van der Waals surface area (Å²) in [4.78, 5) is 5.69. The maximum Gasteiger partial charge on any atom is 0.191 e. The van der Waals surface area contributed by atoms with Crippen LogP contribution in [0.3, 0.4) is 0 Å². The molecule has 1 saturated carbocycles. The second kappa shape index (κ2) is 10.4. The maximum absolute atomic E-state index is 5.60. The number of hydrogen-bond donors (Lipinski definition) is 2. The highest BCUT2D eigenvalue weighted by Crippen LogP contribution is 2.51. The quantitative estimate of drug-likeness (QED) is 0.362. The first-order valence-electron chi connectivity index (χ1n) is 9.62. The van der Waals surface area contributed by atoms with E-state index in [-0.39, 0.29) is 0 Å². The summed E-state index contributed by atoms with van der Waals surface area (Å²) < 4.78 is 10.9. The average molecular weight is 400 g/mol. The van der Waals surface area contributed by atoms with Gasteiger partial charge < -0.3 is 20.1 Å². The van der Waals surface area contributed by atoms with Gasteiger partial charge in [-0.1, -0.05) is 30.3 Å². The van der Waals surface area contributed by atoms with Gasteiger partial charge in [0.25, 0.3) is 0 Å². The summed E-state index contributed by atoms with van der Waals surface area (Å²) in [6.07, 6.45) is 2.47. The van der Waals surface area contributed by atoms with E-state index in [1.165, 1.54) is 23.3 Å². The third-order valence-electron chi connectivity index (χ3n) is 4.63. The third-order valence-corrected chi connectivity index (χ3v) is 6.12. The first-order chi connectivity index (χ1) is 13.7. The number of aliphatic imine (C=N–C) groups is 1. The van der Waals surface area contributed by atoms with Gasteiger partial charge in [0.05, 0.1) is 6.61 Å². The van der Waals surface area contributed by atoms with Gasteiger partial charge in [-0.05, 0) is 42.7 Å². The normalized spacial score (nSPS) is 15.1. The molecule has 1 fully saturated rings. The minimum atomic E-state index is 0.292. The molecule has 6 heteroatoms. The number of ether oxygens (including phenoxy) is 2. The molecule has 0 saturated heterocycles. The second-order valence-corrected chi connectivity index (χ2v) is 8.40. The van der Waals surface area contributed by atoms with Crippen molar-refractivity contribution in [1.29, 1.82) is 0 Å². The van der Waals surface area contributed by atoms with Crippen molar-refractivity contribution < 1.29 is 9.47 Å². The van der Waals surface area contributed by atoms with Gasteiger partial charge in [-0.2, -0.15) is 0 Å². The van der Waals surface area contributed by atoms with Crippen molar-refractivity contribution >= 4 is 17.7 Å². The molecule has 0 aliphatic heterocycles. The largest absolute Gasteiger partial charge is 0.491 e. The Hall–Kier alpha value is -2.18. The van der Waals surface area contributed by atoms with Crippen molar-refractivity contribution in [1.82, 2.24) is 10.6 Å². The van der Waals surface area contributed by atoms with Crippen LogP contribution in [-0.4, -0.2) is 44.6 Å². The molecule has 150 valence electrons. The number of benzene rings is 2. The van der Waals surface area contributed by atoms with Crippen LogP contribution in [0.15, 0.2) is 64.5 Å². The Balaban J connectivity index is 1.42. The number of nitrogens with one attached hydrogen (secondary N) is 2. The monoisotopic (exact) mass is 399 g/mol. The van der Waals surface area contributed by atoms with E-state index in [4.69, 9.17) is 9.47 Å². The van der Waals surface area contributed by atoms with Crippen molar-refractivity contribution in [3.8, 4) is 5.75 Å². The third kappa shape index (κ3) is 6.46. The molecule has 0 spiro atoms. The summed E-state index contributed by atoms with van der Waals surface area (Å²) in [6.45, 7) is 2.79. The zero-order chi connectivity index (χ0) is 19.7. The molecule has 0 bridgehead atoms. The molecule has 5 nitrogen and oxygen atoms in total. The molecule has 3 rings (SSSR count). The van der Waals surface area contributed by atoms with Crippen molar-refractivity contribution in [2.45, 2.75) is 29.0 Å². The predicted molar refractivity (Wildman–Crippen MR) is 116 cm³/mol. The Morgan fingerprint density at radius 2 is 1.79 bits per heavy atom. The topological polar surface area (TPSA) is 54.9 Å². The van der Waals surface area contributed by atoms with Crippen LogP contribution in [0.4, 0.5) is 0 Å². The molecule has 1 aliphatic rings. The molecule has 0 amide bonds. The molecule has 28 heavy (non-hydrogen) atoms. The van der Waals surface area contributed by atoms with Crippen LogP contribution in [-0.2, 0) is 11.3 Å². The molecular weight excluding hydrogens is 370 g/mol. The van der Waals surface area contributed by atoms with Crippen molar-refractivity contribution in [2.24, 2.45) is 4.99 Å². The van der Waals surface area contributed by atoms with Gasteiger partial charge >= 0.3 is 0 Å². The second-order valence-electron chi connectivity index (χ2n) is 6.86. The van der Waals surface area contributed by atoms with E-state index in [0.717, 1.165) is 24.8 Å². The molecule has 0 heterocycles. The van der Waals surface area contributed by atoms with E-state index in [9.17, 15) is 0 Å². The standard InChI is InChI=1S/C22H29N3O2S/c1-23-21(24-16-18-8-10-19(11-9-18)27-15-14-26-2)25-17-22(12-13-22)28-20-6-4-3-5-7-20/h3-11H,12-17H2,1-2H3,(H2,23,24,25). The SMILES string of the molecule is CN=C(NCc1ccc(OCCOC)cc1)NCC1(Sc2ccccc2)CC1. The van der Waals surface area contributed by atoms with Gasteiger partial charge in [-0.15, -0.1) is 11.8 Å². The number of guanidine groups is 1. The summed E-state index contributed by atoms with van der Waals surface area (Å²) in [5, 5.41) is 6.88. The highest BCUT2D eigenvalue weighted by molar-refractivity contribution is 8.01. The minimum Gasteiger partial charge on any atom is -0.491 e.